The minimum atomic E-state index is -0.249. The Morgan fingerprint density at radius 1 is 1.75 bits per heavy atom. The Morgan fingerprint density at radius 2 is 2.42 bits per heavy atom. The molecule has 1 aliphatic heterocycles. The fourth-order valence-corrected chi connectivity index (χ4v) is 1.61. The van der Waals surface area contributed by atoms with Gasteiger partial charge in [0, 0.05) is 13.0 Å². The van der Waals surface area contributed by atoms with Crippen molar-refractivity contribution in [2.75, 3.05) is 6.54 Å². The highest BCUT2D eigenvalue weighted by Gasteiger charge is 2.35. The van der Waals surface area contributed by atoms with Gasteiger partial charge in [-0.25, -0.2) is 0 Å². The molecule has 0 aromatic rings. The summed E-state index contributed by atoms with van der Waals surface area (Å²) in [5, 5.41) is 0. The molecule has 0 bridgehead atoms. The van der Waals surface area contributed by atoms with Gasteiger partial charge in [-0.1, -0.05) is 13.2 Å². The SMILES string of the molecule is [B]CCN1C(=O)CC(C)C1C=O. The Labute approximate surface area is 73.5 Å². The van der Waals surface area contributed by atoms with Crippen LogP contribution in [0.25, 0.3) is 0 Å². The second-order valence-electron chi connectivity index (χ2n) is 3.18. The van der Waals surface area contributed by atoms with Crippen LogP contribution in [0.1, 0.15) is 13.3 Å². The zero-order chi connectivity index (χ0) is 9.14. The van der Waals surface area contributed by atoms with Crippen LogP contribution < -0.4 is 0 Å². The summed E-state index contributed by atoms with van der Waals surface area (Å²) in [5.41, 5.74) is 0. The second-order valence-corrected chi connectivity index (χ2v) is 3.18. The molecule has 12 heavy (non-hydrogen) atoms. The first-order valence-corrected chi connectivity index (χ1v) is 4.15. The Balaban J connectivity index is 2.67. The van der Waals surface area contributed by atoms with E-state index in [1.807, 2.05) is 6.92 Å². The topological polar surface area (TPSA) is 37.4 Å². The van der Waals surface area contributed by atoms with Crippen molar-refractivity contribution in [3.8, 4) is 0 Å². The molecule has 1 aliphatic rings. The van der Waals surface area contributed by atoms with Crippen LogP contribution in [-0.4, -0.2) is 37.5 Å². The van der Waals surface area contributed by atoms with Gasteiger partial charge in [-0.05, 0) is 5.92 Å². The summed E-state index contributed by atoms with van der Waals surface area (Å²) < 4.78 is 0. The predicted molar refractivity (Wildman–Crippen MR) is 45.9 cm³/mol. The molecule has 1 saturated heterocycles. The average Bonchev–Trinajstić information content (AvgIpc) is 2.28. The molecule has 2 atom stereocenters. The highest BCUT2D eigenvalue weighted by Crippen LogP contribution is 2.23. The summed E-state index contributed by atoms with van der Waals surface area (Å²) in [6.07, 6.45) is 1.73. The summed E-state index contributed by atoms with van der Waals surface area (Å²) in [6, 6.07) is -0.249. The maximum atomic E-state index is 11.3. The molecule has 0 aliphatic carbocycles. The van der Waals surface area contributed by atoms with Gasteiger partial charge in [0.1, 0.15) is 6.29 Å². The smallest absolute Gasteiger partial charge is 0.223 e. The molecule has 0 spiro atoms. The molecule has 0 aromatic heterocycles. The van der Waals surface area contributed by atoms with Gasteiger partial charge in [0.15, 0.2) is 0 Å². The van der Waals surface area contributed by atoms with Gasteiger partial charge in [-0.2, -0.15) is 0 Å². The molecule has 1 heterocycles. The molecule has 0 saturated carbocycles. The molecule has 64 valence electrons. The number of aldehydes is 1. The molecule has 3 nitrogen and oxygen atoms in total. The Bertz CT molecular complexity index is 195. The molecule has 0 aromatic carbocycles. The lowest BCUT2D eigenvalue weighted by molar-refractivity contribution is -0.130. The van der Waals surface area contributed by atoms with Crippen molar-refractivity contribution in [3.05, 3.63) is 0 Å². The van der Waals surface area contributed by atoms with E-state index in [2.05, 4.69) is 0 Å². The second kappa shape index (κ2) is 3.74. The number of carbonyl (C=O) groups is 2. The maximum Gasteiger partial charge on any atom is 0.223 e. The molecule has 1 fully saturated rings. The van der Waals surface area contributed by atoms with E-state index >= 15 is 0 Å². The van der Waals surface area contributed by atoms with E-state index in [0.29, 0.717) is 19.3 Å². The molecule has 1 rings (SSSR count). The van der Waals surface area contributed by atoms with Crippen molar-refractivity contribution in [1.82, 2.24) is 4.90 Å². The van der Waals surface area contributed by atoms with E-state index in [9.17, 15) is 9.59 Å². The van der Waals surface area contributed by atoms with Crippen molar-refractivity contribution in [2.45, 2.75) is 25.7 Å². The van der Waals surface area contributed by atoms with Crippen molar-refractivity contribution < 1.29 is 9.59 Å². The van der Waals surface area contributed by atoms with E-state index in [1.165, 1.54) is 0 Å². The van der Waals surface area contributed by atoms with Crippen molar-refractivity contribution >= 4 is 20.0 Å². The summed E-state index contributed by atoms with van der Waals surface area (Å²) in [4.78, 5) is 23.4. The predicted octanol–water partition coefficient (Wildman–Crippen LogP) is 0.00910. The minimum absolute atomic E-state index is 0.0463. The fourth-order valence-electron chi connectivity index (χ4n) is 1.61. The Morgan fingerprint density at radius 3 is 2.92 bits per heavy atom. The van der Waals surface area contributed by atoms with Gasteiger partial charge in [-0.15, -0.1) is 0 Å². The normalized spacial score (nSPS) is 29.4. The van der Waals surface area contributed by atoms with Gasteiger partial charge in [0.2, 0.25) is 5.91 Å². The third-order valence-corrected chi connectivity index (χ3v) is 2.27. The van der Waals surface area contributed by atoms with E-state index in [-0.39, 0.29) is 17.9 Å². The van der Waals surface area contributed by atoms with Gasteiger partial charge < -0.3 is 9.69 Å². The first-order valence-electron chi connectivity index (χ1n) is 4.15. The summed E-state index contributed by atoms with van der Waals surface area (Å²) in [5.74, 6) is 0.187. The molecular formula is C8H12BNO2. The lowest BCUT2D eigenvalue weighted by Gasteiger charge is -2.21. The van der Waals surface area contributed by atoms with Gasteiger partial charge in [0.25, 0.3) is 0 Å². The zero-order valence-corrected chi connectivity index (χ0v) is 7.19. The van der Waals surface area contributed by atoms with Crippen LogP contribution in [0.4, 0.5) is 0 Å². The number of likely N-dealkylation sites (tertiary alicyclic amines) is 1. The lowest BCUT2D eigenvalue weighted by atomic mass is 10.0. The van der Waals surface area contributed by atoms with Crippen LogP contribution in [0.2, 0.25) is 6.32 Å². The average molecular weight is 165 g/mol. The van der Waals surface area contributed by atoms with Crippen LogP contribution in [0.3, 0.4) is 0 Å². The monoisotopic (exact) mass is 165 g/mol. The van der Waals surface area contributed by atoms with E-state index < -0.39 is 0 Å². The maximum absolute atomic E-state index is 11.3. The van der Waals surface area contributed by atoms with Crippen LogP contribution >= 0.6 is 0 Å². The third-order valence-electron chi connectivity index (χ3n) is 2.27. The largest absolute Gasteiger partial charge is 0.333 e. The number of rotatable bonds is 3. The summed E-state index contributed by atoms with van der Waals surface area (Å²) in [6.45, 7) is 2.40. The van der Waals surface area contributed by atoms with Gasteiger partial charge >= 0.3 is 0 Å². The van der Waals surface area contributed by atoms with Crippen molar-refractivity contribution in [3.63, 3.8) is 0 Å². The van der Waals surface area contributed by atoms with E-state index in [0.717, 1.165) is 6.29 Å². The first kappa shape index (κ1) is 9.29. The van der Waals surface area contributed by atoms with Crippen LogP contribution in [-0.2, 0) is 9.59 Å². The van der Waals surface area contributed by atoms with Crippen molar-refractivity contribution in [2.24, 2.45) is 5.92 Å². The van der Waals surface area contributed by atoms with Crippen molar-refractivity contribution in [1.29, 1.82) is 0 Å². The third kappa shape index (κ3) is 1.52. The van der Waals surface area contributed by atoms with Crippen LogP contribution in [0, 0.1) is 5.92 Å². The highest BCUT2D eigenvalue weighted by molar-refractivity contribution is 6.08. The molecule has 1 amide bonds. The summed E-state index contributed by atoms with van der Waals surface area (Å²) in [7, 11) is 5.32. The number of hydrogen-bond acceptors (Lipinski definition) is 2. The number of carbonyl (C=O) groups excluding carboxylic acids is 2. The Hall–Kier alpha value is -0.795. The molecule has 4 heteroatoms. The van der Waals surface area contributed by atoms with E-state index in [1.54, 1.807) is 4.90 Å². The van der Waals surface area contributed by atoms with E-state index in [4.69, 9.17) is 7.85 Å². The Kier molecular flexibility index (Phi) is 2.90. The fraction of sp³-hybridized carbons (Fsp3) is 0.750. The zero-order valence-electron chi connectivity index (χ0n) is 7.19. The standard InChI is InChI=1S/C8H12BNO2/c1-6-4-8(12)10(3-2-9)7(6)5-11/h5-7H,2-4H2,1H3. The van der Waals surface area contributed by atoms with Crippen LogP contribution in [0.15, 0.2) is 0 Å². The molecule has 0 N–H and O–H groups in total. The van der Waals surface area contributed by atoms with Gasteiger partial charge in [-0.3, -0.25) is 4.79 Å². The molecule has 2 radical (unpaired) electrons. The highest BCUT2D eigenvalue weighted by atomic mass is 16.2. The number of nitrogens with zero attached hydrogens (tertiary/aromatic N) is 1. The molecule has 2 unspecified atom stereocenters. The molecular weight excluding hydrogens is 153 g/mol. The summed E-state index contributed by atoms with van der Waals surface area (Å²) >= 11 is 0. The quantitative estimate of drug-likeness (QED) is 0.436. The number of hydrogen-bond donors (Lipinski definition) is 0. The van der Waals surface area contributed by atoms with Crippen LogP contribution in [0.5, 0.6) is 0 Å². The number of amides is 1. The first-order chi connectivity index (χ1) is 5.70. The van der Waals surface area contributed by atoms with Gasteiger partial charge in [0.05, 0.1) is 13.9 Å². The minimum Gasteiger partial charge on any atom is -0.333 e. The lowest BCUT2D eigenvalue weighted by Crippen LogP contribution is -2.36.